The van der Waals surface area contributed by atoms with E-state index in [1.165, 1.54) is 6.07 Å². The summed E-state index contributed by atoms with van der Waals surface area (Å²) >= 11 is 0. The Kier molecular flexibility index (Phi) is 9.48. The zero-order valence-electron chi connectivity index (χ0n) is 26.0. The number of nitrogens with one attached hydrogen (secondary N) is 2. The van der Waals surface area contributed by atoms with Crippen molar-refractivity contribution in [1.82, 2.24) is 20.6 Å². The number of rotatable bonds is 8. The number of alkyl carbamates (subject to hydrolysis) is 1. The Bertz CT molecular complexity index is 1530. The van der Waals surface area contributed by atoms with Gasteiger partial charge in [-0.25, -0.2) is 14.8 Å². The molecule has 2 N–H and O–H groups in total. The Morgan fingerprint density at radius 1 is 0.956 bits per heavy atom. The van der Waals surface area contributed by atoms with Crippen LogP contribution >= 0.6 is 0 Å². The van der Waals surface area contributed by atoms with Crippen molar-refractivity contribution in [1.29, 1.82) is 0 Å². The standard InChI is InChI=1S/C34H39F3N4O4/c1-20(39-31(42)29-18-28(23-13-15-44-16-14-23)40-30(41-29)24-9-10-24)21-5-7-22(8-6-21)27-17-26(34(35,36)37)12-11-25(27)19-38-32(43)45-33(2,3)4/h5-8,11-12,17-18,20,23-24H,9-10,13-16,19H2,1-4H3,(H,38,43)(H,39,42)/t20-/m1/s1. The maximum absolute atomic E-state index is 13.6. The summed E-state index contributed by atoms with van der Waals surface area (Å²) in [6.07, 6.45) is -1.45. The van der Waals surface area contributed by atoms with Crippen LogP contribution in [0.3, 0.4) is 0 Å². The molecule has 0 bridgehead atoms. The summed E-state index contributed by atoms with van der Waals surface area (Å²) in [5.74, 6) is 0.939. The van der Waals surface area contributed by atoms with E-state index in [1.807, 2.05) is 6.92 Å². The fourth-order valence-corrected chi connectivity index (χ4v) is 5.29. The van der Waals surface area contributed by atoms with E-state index in [0.717, 1.165) is 54.9 Å². The third-order valence-corrected chi connectivity index (χ3v) is 7.91. The van der Waals surface area contributed by atoms with Crippen LogP contribution in [0.4, 0.5) is 18.0 Å². The molecule has 240 valence electrons. The van der Waals surface area contributed by atoms with Gasteiger partial charge in [0.1, 0.15) is 17.1 Å². The highest BCUT2D eigenvalue weighted by molar-refractivity contribution is 5.92. The number of carbonyl (C=O) groups is 2. The molecule has 1 aliphatic carbocycles. The number of amides is 2. The van der Waals surface area contributed by atoms with E-state index in [1.54, 1.807) is 51.1 Å². The van der Waals surface area contributed by atoms with E-state index in [0.29, 0.717) is 41.5 Å². The maximum atomic E-state index is 13.6. The van der Waals surface area contributed by atoms with Gasteiger partial charge in [0.25, 0.3) is 5.91 Å². The first kappa shape index (κ1) is 32.4. The minimum absolute atomic E-state index is 0.0196. The number of hydrogen-bond donors (Lipinski definition) is 2. The first-order valence-electron chi connectivity index (χ1n) is 15.3. The Morgan fingerprint density at radius 2 is 1.64 bits per heavy atom. The number of hydrogen-bond acceptors (Lipinski definition) is 6. The number of carbonyl (C=O) groups excluding carboxylic acids is 2. The fraction of sp³-hybridized carbons (Fsp3) is 0.471. The predicted molar refractivity (Wildman–Crippen MR) is 163 cm³/mol. The van der Waals surface area contributed by atoms with Crippen molar-refractivity contribution < 1.29 is 32.2 Å². The van der Waals surface area contributed by atoms with Crippen LogP contribution in [0.25, 0.3) is 11.1 Å². The predicted octanol–water partition coefficient (Wildman–Crippen LogP) is 7.45. The number of nitrogens with zero attached hydrogens (tertiary/aromatic N) is 2. The summed E-state index contributed by atoms with van der Waals surface area (Å²) in [6, 6.07) is 11.8. The molecule has 2 fully saturated rings. The lowest BCUT2D eigenvalue weighted by atomic mass is 9.95. The second-order valence-corrected chi connectivity index (χ2v) is 12.7. The molecule has 11 heteroatoms. The Hall–Kier alpha value is -3.99. The lowest BCUT2D eigenvalue weighted by Crippen LogP contribution is -2.32. The van der Waals surface area contributed by atoms with Crippen molar-refractivity contribution in [3.05, 3.63) is 82.4 Å². The molecule has 2 heterocycles. The van der Waals surface area contributed by atoms with Crippen molar-refractivity contribution in [2.24, 2.45) is 0 Å². The summed E-state index contributed by atoms with van der Waals surface area (Å²) < 4.78 is 51.6. The van der Waals surface area contributed by atoms with Crippen LogP contribution in [-0.4, -0.2) is 40.8 Å². The van der Waals surface area contributed by atoms with E-state index in [-0.39, 0.29) is 18.4 Å². The third-order valence-electron chi connectivity index (χ3n) is 7.91. The molecule has 1 saturated carbocycles. The van der Waals surface area contributed by atoms with Crippen molar-refractivity contribution in [3.63, 3.8) is 0 Å². The molecule has 0 unspecified atom stereocenters. The van der Waals surface area contributed by atoms with Crippen LogP contribution in [0.15, 0.2) is 48.5 Å². The molecule has 1 atom stereocenters. The summed E-state index contributed by atoms with van der Waals surface area (Å²) in [7, 11) is 0. The molecule has 3 aromatic rings. The topological polar surface area (TPSA) is 102 Å². The summed E-state index contributed by atoms with van der Waals surface area (Å²) in [6.45, 7) is 8.35. The van der Waals surface area contributed by atoms with Crippen LogP contribution in [0.1, 0.15) is 110 Å². The molecule has 1 aliphatic heterocycles. The molecule has 45 heavy (non-hydrogen) atoms. The largest absolute Gasteiger partial charge is 0.444 e. The van der Waals surface area contributed by atoms with Crippen LogP contribution in [0.2, 0.25) is 0 Å². The van der Waals surface area contributed by atoms with E-state index in [2.05, 4.69) is 15.6 Å². The van der Waals surface area contributed by atoms with Gasteiger partial charge in [-0.2, -0.15) is 13.2 Å². The zero-order chi connectivity index (χ0) is 32.4. The van der Waals surface area contributed by atoms with Gasteiger partial charge in [0, 0.05) is 37.3 Å². The molecule has 0 radical (unpaired) electrons. The minimum atomic E-state index is -4.53. The highest BCUT2D eigenvalue weighted by atomic mass is 19.4. The molecule has 8 nitrogen and oxygen atoms in total. The van der Waals surface area contributed by atoms with Crippen LogP contribution in [-0.2, 0) is 22.2 Å². The maximum Gasteiger partial charge on any atom is 0.416 e. The Labute approximate surface area is 261 Å². The lowest BCUT2D eigenvalue weighted by Gasteiger charge is -2.22. The van der Waals surface area contributed by atoms with Gasteiger partial charge < -0.3 is 20.1 Å². The first-order chi connectivity index (χ1) is 21.3. The molecule has 2 aromatic carbocycles. The molecule has 0 spiro atoms. The number of halogens is 3. The summed E-state index contributed by atoms with van der Waals surface area (Å²) in [4.78, 5) is 35.0. The van der Waals surface area contributed by atoms with E-state index < -0.39 is 29.5 Å². The van der Waals surface area contributed by atoms with Gasteiger partial charge in [-0.1, -0.05) is 30.3 Å². The van der Waals surface area contributed by atoms with Gasteiger partial charge in [0.05, 0.1) is 11.6 Å². The summed E-state index contributed by atoms with van der Waals surface area (Å²) in [5.41, 5.74) is 1.85. The molecule has 1 aromatic heterocycles. The third kappa shape index (κ3) is 8.59. The van der Waals surface area contributed by atoms with E-state index in [4.69, 9.17) is 14.5 Å². The highest BCUT2D eigenvalue weighted by Crippen LogP contribution is 2.39. The van der Waals surface area contributed by atoms with Gasteiger partial charge in [-0.3, -0.25) is 4.79 Å². The first-order valence-corrected chi connectivity index (χ1v) is 15.3. The smallest absolute Gasteiger partial charge is 0.416 e. The molecule has 2 amide bonds. The van der Waals surface area contributed by atoms with E-state index >= 15 is 0 Å². The lowest BCUT2D eigenvalue weighted by molar-refractivity contribution is -0.137. The molecular weight excluding hydrogens is 585 g/mol. The zero-order valence-corrected chi connectivity index (χ0v) is 26.0. The second-order valence-electron chi connectivity index (χ2n) is 12.7. The summed E-state index contributed by atoms with van der Waals surface area (Å²) in [5, 5.41) is 5.64. The SMILES string of the molecule is C[C@@H](NC(=O)c1cc(C2CCOCC2)nc(C2CC2)n1)c1ccc(-c2cc(C(F)(F)F)ccc2CNC(=O)OC(C)(C)C)cc1. The van der Waals surface area contributed by atoms with Gasteiger partial charge in [-0.15, -0.1) is 0 Å². The average Bonchev–Trinajstić information content (AvgIpc) is 3.85. The van der Waals surface area contributed by atoms with Crippen molar-refractivity contribution >= 4 is 12.0 Å². The normalized spacial score (nSPS) is 16.6. The Morgan fingerprint density at radius 3 is 2.27 bits per heavy atom. The van der Waals surface area contributed by atoms with E-state index in [9.17, 15) is 22.8 Å². The van der Waals surface area contributed by atoms with Crippen molar-refractivity contribution in [2.75, 3.05) is 13.2 Å². The number of ether oxygens (including phenoxy) is 2. The molecule has 5 rings (SSSR count). The second kappa shape index (κ2) is 13.2. The minimum Gasteiger partial charge on any atom is -0.444 e. The fourth-order valence-electron chi connectivity index (χ4n) is 5.29. The van der Waals surface area contributed by atoms with Gasteiger partial charge >= 0.3 is 12.3 Å². The number of benzene rings is 2. The van der Waals surface area contributed by atoms with Gasteiger partial charge in [0.2, 0.25) is 0 Å². The quantitative estimate of drug-likeness (QED) is 0.270. The average molecular weight is 625 g/mol. The van der Waals surface area contributed by atoms with Crippen LogP contribution in [0.5, 0.6) is 0 Å². The monoisotopic (exact) mass is 624 g/mol. The van der Waals surface area contributed by atoms with Crippen molar-refractivity contribution in [2.45, 2.75) is 89.6 Å². The molecular formula is C34H39F3N4O4. The van der Waals surface area contributed by atoms with Gasteiger partial charge in [0.15, 0.2) is 0 Å². The van der Waals surface area contributed by atoms with Gasteiger partial charge in [-0.05, 0) is 93.8 Å². The molecule has 2 aliphatic rings. The number of aromatic nitrogens is 2. The Balaban J connectivity index is 1.33. The van der Waals surface area contributed by atoms with Crippen LogP contribution < -0.4 is 10.6 Å². The highest BCUT2D eigenvalue weighted by Gasteiger charge is 2.32. The van der Waals surface area contributed by atoms with Crippen molar-refractivity contribution in [3.8, 4) is 11.1 Å². The molecule has 1 saturated heterocycles. The van der Waals surface area contributed by atoms with Crippen LogP contribution in [0, 0.1) is 0 Å². The number of alkyl halides is 3.